The first kappa shape index (κ1) is 57.3. The maximum Gasteiger partial charge on any atom is 0.0175 e. The van der Waals surface area contributed by atoms with Crippen LogP contribution in [0, 0.1) is 0 Å². The van der Waals surface area contributed by atoms with Crippen molar-refractivity contribution in [3.05, 3.63) is 362 Å². The van der Waals surface area contributed by atoms with Crippen molar-refractivity contribution in [3.8, 4) is 66.8 Å². The van der Waals surface area contributed by atoms with Gasteiger partial charge in [0.1, 0.15) is 0 Å². The van der Waals surface area contributed by atoms with E-state index in [-0.39, 0.29) is 0 Å². The van der Waals surface area contributed by atoms with Crippen LogP contribution >= 0.6 is 47.8 Å². The summed E-state index contributed by atoms with van der Waals surface area (Å²) in [4.78, 5) is 0. The molecule has 0 amide bonds. The fraction of sp³-hybridized carbons (Fsp3) is 0. The summed E-state index contributed by atoms with van der Waals surface area (Å²) in [7, 11) is 0. The number of hydrogen-bond acceptors (Lipinski definition) is 0. The normalized spacial score (nSPS) is 11.0. The van der Waals surface area contributed by atoms with Crippen molar-refractivity contribution in [2.75, 3.05) is 0 Å². The highest BCUT2D eigenvalue weighted by Crippen LogP contribution is 2.36. The van der Waals surface area contributed by atoms with E-state index >= 15 is 0 Å². The van der Waals surface area contributed by atoms with E-state index in [0.29, 0.717) is 0 Å². The minimum Gasteiger partial charge on any atom is -0.0985 e. The van der Waals surface area contributed by atoms with E-state index in [0.717, 1.165) is 13.4 Å². The van der Waals surface area contributed by atoms with Gasteiger partial charge in [0.05, 0.1) is 0 Å². The van der Waals surface area contributed by atoms with Gasteiger partial charge < -0.3 is 0 Å². The van der Waals surface area contributed by atoms with Crippen LogP contribution in [-0.2, 0) is 0 Å². The van der Waals surface area contributed by atoms with Gasteiger partial charge in [-0.2, -0.15) is 0 Å². The Morgan fingerprint density at radius 1 is 0.181 bits per heavy atom. The number of halogens is 3. The summed E-state index contributed by atoms with van der Waals surface area (Å²) in [6, 6.07) is 107. The van der Waals surface area contributed by atoms with Crippen LogP contribution < -0.4 is 0 Å². The molecule has 0 aromatic heterocycles. The minimum absolute atomic E-state index is 1.09. The van der Waals surface area contributed by atoms with Gasteiger partial charge in [0.15, 0.2) is 0 Å². The monoisotopic (exact) mass is 1260 g/mol. The van der Waals surface area contributed by atoms with Gasteiger partial charge in [0.25, 0.3) is 0 Å². The van der Waals surface area contributed by atoms with Gasteiger partial charge in [-0.25, -0.2) is 0 Å². The highest BCUT2D eigenvalue weighted by atomic mass is 79.9. The second kappa shape index (κ2) is 29.1. The maximum atomic E-state index is 3.63. The summed E-state index contributed by atoms with van der Waals surface area (Å²) in [5.41, 5.74) is 22.7. The summed E-state index contributed by atoms with van der Waals surface area (Å²) in [6.45, 7) is 3.63. The molecule has 0 saturated heterocycles. The lowest BCUT2D eigenvalue weighted by Crippen LogP contribution is -1.87. The Morgan fingerprint density at radius 2 is 0.349 bits per heavy atom. The molecule has 3 heteroatoms. The minimum atomic E-state index is 1.09. The second-order valence-electron chi connectivity index (χ2n) is 19.8. The van der Waals surface area contributed by atoms with Crippen LogP contribution in [0.15, 0.2) is 323 Å². The summed E-state index contributed by atoms with van der Waals surface area (Å²) >= 11 is 10.6. The van der Waals surface area contributed by atoms with E-state index in [9.17, 15) is 0 Å². The molecule has 83 heavy (non-hydrogen) atoms. The number of hydrogen-bond donors (Lipinski definition) is 0. The van der Waals surface area contributed by atoms with Gasteiger partial charge in [0, 0.05) is 13.4 Å². The van der Waals surface area contributed by atoms with Gasteiger partial charge in [-0.15, -0.1) is 0 Å². The third kappa shape index (κ3) is 16.8. The van der Waals surface area contributed by atoms with Crippen molar-refractivity contribution in [3.63, 3.8) is 0 Å². The van der Waals surface area contributed by atoms with Crippen molar-refractivity contribution in [1.82, 2.24) is 0 Å². The Bertz CT molecular complexity index is 3650. The predicted molar refractivity (Wildman–Crippen MR) is 371 cm³/mol. The predicted octanol–water partition coefficient (Wildman–Crippen LogP) is 24.5. The first-order valence-electron chi connectivity index (χ1n) is 27.5. The van der Waals surface area contributed by atoms with Gasteiger partial charge in [-0.3, -0.25) is 0 Å². The number of benzene rings is 12. The van der Waals surface area contributed by atoms with Gasteiger partial charge in [0.2, 0.25) is 0 Å². The molecule has 0 saturated carbocycles. The van der Waals surface area contributed by atoms with Crippen LogP contribution in [0.4, 0.5) is 0 Å². The Balaban J connectivity index is 0.000000183. The average molecular weight is 1260 g/mol. The standard InChI is InChI=1S/C48H36.C24H15Br3.C8H8/c1-4-10-37(11-5-1)16-19-40-22-28-43(29-23-40)46-34-47(44-30-24-41(25-31-44)20-17-38-12-6-2-7-13-38)36-48(35-46)45-32-26-42(27-33-45)21-18-39-14-8-3-9-15-39;25-22-7-1-16(2-8-22)19-13-20(17-3-9-23(26)10-4-17)15-21(14-19)18-5-11-24(27)12-6-18;1-2-8-6-4-3-5-7-8/h1-36H;1-15H;2-7H,1H2/b19-16+,20-17+,21-18+;;. The molecule has 12 aromatic rings. The van der Waals surface area contributed by atoms with Gasteiger partial charge in [-0.05, 0) is 179 Å². The first-order chi connectivity index (χ1) is 40.8. The Morgan fingerprint density at radius 3 is 0.530 bits per heavy atom. The van der Waals surface area contributed by atoms with Crippen molar-refractivity contribution < 1.29 is 0 Å². The van der Waals surface area contributed by atoms with Gasteiger partial charge >= 0.3 is 0 Å². The third-order valence-corrected chi connectivity index (χ3v) is 15.6. The van der Waals surface area contributed by atoms with E-state index in [1.807, 2.05) is 54.6 Å². The zero-order valence-electron chi connectivity index (χ0n) is 45.7. The van der Waals surface area contributed by atoms with Crippen molar-refractivity contribution in [1.29, 1.82) is 0 Å². The SMILES string of the molecule is Brc1ccc(-c2cc(-c3ccc(Br)cc3)cc(-c3ccc(Br)cc3)c2)cc1.C(=C\c1ccc(-c2cc(-c3ccc(/C=C/c4ccccc4)cc3)cc(-c3ccc(/C=C/c4ccccc4)cc3)c2)cc1)/c1ccccc1.C=Cc1ccccc1. The van der Waals surface area contributed by atoms with E-state index in [1.54, 1.807) is 0 Å². The average Bonchev–Trinajstić information content (AvgIpc) is 3.66. The Hall–Kier alpha value is -8.96. The molecule has 0 heterocycles. The molecule has 0 aliphatic heterocycles. The highest BCUT2D eigenvalue weighted by molar-refractivity contribution is 9.11. The molecule has 0 radical (unpaired) electrons. The van der Waals surface area contributed by atoms with Crippen LogP contribution in [0.1, 0.15) is 38.9 Å². The zero-order chi connectivity index (χ0) is 57.0. The zero-order valence-corrected chi connectivity index (χ0v) is 50.5. The second-order valence-corrected chi connectivity index (χ2v) is 22.6. The fourth-order valence-corrected chi connectivity index (χ4v) is 10.2. The Labute approximate surface area is 515 Å². The third-order valence-electron chi connectivity index (χ3n) is 14.0. The van der Waals surface area contributed by atoms with Crippen LogP contribution in [0.2, 0.25) is 0 Å². The molecular weight excluding hydrogens is 1200 g/mol. The van der Waals surface area contributed by atoms with Crippen LogP contribution in [0.3, 0.4) is 0 Å². The van der Waals surface area contributed by atoms with Crippen molar-refractivity contribution in [2.24, 2.45) is 0 Å². The van der Waals surface area contributed by atoms with Gasteiger partial charge in [-0.1, -0.05) is 327 Å². The van der Waals surface area contributed by atoms with Crippen molar-refractivity contribution in [2.45, 2.75) is 0 Å². The summed E-state index contributed by atoms with van der Waals surface area (Å²) in [5, 5.41) is 0. The molecule has 12 aromatic carbocycles. The molecule has 0 N–H and O–H groups in total. The van der Waals surface area contributed by atoms with Crippen molar-refractivity contribution >= 4 is 90.3 Å². The fourth-order valence-electron chi connectivity index (χ4n) is 9.40. The molecule has 0 aliphatic rings. The van der Waals surface area contributed by atoms with Crippen LogP contribution in [0.25, 0.3) is 109 Å². The summed E-state index contributed by atoms with van der Waals surface area (Å²) in [6.07, 6.45) is 14.8. The van der Waals surface area contributed by atoms with E-state index in [4.69, 9.17) is 0 Å². The first-order valence-corrected chi connectivity index (χ1v) is 29.9. The van der Waals surface area contributed by atoms with Crippen LogP contribution in [0.5, 0.6) is 0 Å². The molecule has 0 unspecified atom stereocenters. The smallest absolute Gasteiger partial charge is 0.0175 e. The molecule has 400 valence electrons. The molecule has 0 atom stereocenters. The molecule has 12 rings (SSSR count). The summed E-state index contributed by atoms with van der Waals surface area (Å²) < 4.78 is 3.26. The quantitative estimate of drug-likeness (QED) is 0.101. The molecular formula is C80H59Br3. The lowest BCUT2D eigenvalue weighted by molar-refractivity contribution is 1.54. The van der Waals surface area contributed by atoms with E-state index < -0.39 is 0 Å². The topological polar surface area (TPSA) is 0 Å². The molecule has 0 nitrogen and oxygen atoms in total. The molecule has 0 spiro atoms. The molecule has 0 aliphatic carbocycles. The highest BCUT2D eigenvalue weighted by Gasteiger charge is 2.11. The summed E-state index contributed by atoms with van der Waals surface area (Å²) in [5.74, 6) is 0. The Kier molecular flexibility index (Phi) is 20.1. The molecule has 0 fully saturated rings. The number of rotatable bonds is 13. The molecule has 0 bridgehead atoms. The largest absolute Gasteiger partial charge is 0.0985 e. The van der Waals surface area contributed by atoms with Crippen LogP contribution in [-0.4, -0.2) is 0 Å². The van der Waals surface area contributed by atoms with E-state index in [2.05, 4.69) is 346 Å². The maximum absolute atomic E-state index is 3.63. The lowest BCUT2D eigenvalue weighted by atomic mass is 9.92. The lowest BCUT2D eigenvalue weighted by Gasteiger charge is -2.12. The van der Waals surface area contributed by atoms with E-state index in [1.165, 1.54) is 106 Å².